The molecule has 0 aliphatic heterocycles. The molecular formula is C57H116NO7P. The zero-order valence-corrected chi connectivity index (χ0v) is 45.4. The third-order valence-corrected chi connectivity index (χ3v) is 14.5. The number of ether oxygens (including phenoxy) is 2. The highest BCUT2D eigenvalue weighted by Crippen LogP contribution is 2.43. The monoisotopic (exact) mass is 958 g/mol. The predicted octanol–water partition coefficient (Wildman–Crippen LogP) is 18.8. The fourth-order valence-corrected chi connectivity index (χ4v) is 9.95. The standard InChI is InChI=1S/C57H116NO7P/c1-3-5-7-9-11-13-15-17-19-20-21-22-23-24-25-26-27-28-29-30-31-32-33-34-35-36-37-38-40-42-44-46-48-50-57(59)65-56(55-64-66(60,61)63-53-51-58)54-62-52-49-47-45-43-41-39-18-16-14-12-10-8-6-4-2/h56H,3-55,58H2,1-2H3,(H,60,61)/t56-/m1/s1. The Morgan fingerprint density at radius 2 is 0.667 bits per heavy atom. The second kappa shape index (κ2) is 55.4. The van der Waals surface area contributed by atoms with E-state index in [9.17, 15) is 14.3 Å². The molecular weight excluding hydrogens is 842 g/mol. The van der Waals surface area contributed by atoms with Gasteiger partial charge in [0.05, 0.1) is 19.8 Å². The van der Waals surface area contributed by atoms with Gasteiger partial charge in [-0.3, -0.25) is 13.8 Å². The van der Waals surface area contributed by atoms with Crippen LogP contribution in [0.25, 0.3) is 0 Å². The molecule has 0 aromatic carbocycles. The van der Waals surface area contributed by atoms with Gasteiger partial charge in [-0.2, -0.15) is 0 Å². The highest BCUT2D eigenvalue weighted by Gasteiger charge is 2.25. The van der Waals surface area contributed by atoms with E-state index in [2.05, 4.69) is 13.8 Å². The van der Waals surface area contributed by atoms with Gasteiger partial charge in [0.15, 0.2) is 0 Å². The lowest BCUT2D eigenvalue weighted by molar-refractivity contribution is -0.154. The molecule has 66 heavy (non-hydrogen) atoms. The van der Waals surface area contributed by atoms with E-state index in [1.807, 2.05) is 0 Å². The topological polar surface area (TPSA) is 117 Å². The molecule has 0 spiro atoms. The molecule has 9 heteroatoms. The second-order valence-corrected chi connectivity index (χ2v) is 21.7. The van der Waals surface area contributed by atoms with Crippen LogP contribution < -0.4 is 5.73 Å². The van der Waals surface area contributed by atoms with Gasteiger partial charge >= 0.3 is 13.8 Å². The van der Waals surface area contributed by atoms with Crippen LogP contribution in [0.15, 0.2) is 0 Å². The van der Waals surface area contributed by atoms with Crippen molar-refractivity contribution < 1.29 is 32.8 Å². The van der Waals surface area contributed by atoms with Gasteiger partial charge < -0.3 is 20.1 Å². The Morgan fingerprint density at radius 3 is 0.955 bits per heavy atom. The van der Waals surface area contributed by atoms with E-state index in [0.29, 0.717) is 13.0 Å². The summed E-state index contributed by atoms with van der Waals surface area (Å²) in [6.45, 7) is 5.01. The molecule has 0 aliphatic carbocycles. The molecule has 0 radical (unpaired) electrons. The Hall–Kier alpha value is -0.500. The summed E-state index contributed by atoms with van der Waals surface area (Å²) in [6, 6.07) is 0. The number of phosphoric ester groups is 1. The second-order valence-electron chi connectivity index (χ2n) is 20.2. The van der Waals surface area contributed by atoms with Crippen LogP contribution in [0.1, 0.15) is 322 Å². The number of rotatable bonds is 58. The van der Waals surface area contributed by atoms with Crippen molar-refractivity contribution in [2.45, 2.75) is 328 Å². The number of nitrogens with two attached hydrogens (primary N) is 1. The van der Waals surface area contributed by atoms with Crippen LogP contribution in [0.5, 0.6) is 0 Å². The lowest BCUT2D eigenvalue weighted by Crippen LogP contribution is -2.28. The van der Waals surface area contributed by atoms with E-state index in [1.165, 1.54) is 270 Å². The molecule has 0 aliphatic rings. The Balaban J connectivity index is 3.69. The zero-order valence-electron chi connectivity index (χ0n) is 44.5. The smallest absolute Gasteiger partial charge is 0.457 e. The van der Waals surface area contributed by atoms with Crippen molar-refractivity contribution in [2.75, 3.05) is 33.0 Å². The minimum Gasteiger partial charge on any atom is -0.457 e. The highest BCUT2D eigenvalue weighted by molar-refractivity contribution is 7.47. The van der Waals surface area contributed by atoms with Crippen LogP contribution in [0.3, 0.4) is 0 Å². The first-order valence-corrected chi connectivity index (χ1v) is 31.0. The van der Waals surface area contributed by atoms with Gasteiger partial charge in [0, 0.05) is 19.6 Å². The molecule has 0 rings (SSSR count). The zero-order chi connectivity index (χ0) is 48.0. The minimum absolute atomic E-state index is 0.0897. The lowest BCUT2D eigenvalue weighted by Gasteiger charge is -2.20. The first kappa shape index (κ1) is 65.5. The number of hydrogen-bond donors (Lipinski definition) is 2. The summed E-state index contributed by atoms with van der Waals surface area (Å²) in [6.07, 6.45) is 63.2. The van der Waals surface area contributed by atoms with Crippen molar-refractivity contribution in [3.8, 4) is 0 Å². The van der Waals surface area contributed by atoms with E-state index in [-0.39, 0.29) is 32.3 Å². The van der Waals surface area contributed by atoms with Crippen molar-refractivity contribution in [1.82, 2.24) is 0 Å². The van der Waals surface area contributed by atoms with Crippen LogP contribution >= 0.6 is 7.82 Å². The highest BCUT2D eigenvalue weighted by atomic mass is 31.2. The molecule has 0 saturated heterocycles. The van der Waals surface area contributed by atoms with Gasteiger partial charge in [-0.25, -0.2) is 4.57 Å². The first-order valence-electron chi connectivity index (χ1n) is 29.5. The summed E-state index contributed by atoms with van der Waals surface area (Å²) >= 11 is 0. The number of esters is 1. The SMILES string of the molecule is CCCCCCCCCCCCCCCCCCCCCCCCCCCCCCCCCCCC(=O)O[C@H](COCCCCCCCCCCCCCCCC)COP(=O)(O)OCCN. The van der Waals surface area contributed by atoms with E-state index >= 15 is 0 Å². The number of carbonyl (C=O) groups excluding carboxylic acids is 1. The summed E-state index contributed by atoms with van der Waals surface area (Å²) < 4.78 is 33.6. The van der Waals surface area contributed by atoms with Gasteiger partial charge in [0.2, 0.25) is 0 Å². The quantitative estimate of drug-likeness (QED) is 0.0352. The van der Waals surface area contributed by atoms with Crippen molar-refractivity contribution >= 4 is 13.8 Å². The summed E-state index contributed by atoms with van der Waals surface area (Å²) in [5.41, 5.74) is 5.40. The van der Waals surface area contributed by atoms with Gasteiger partial charge in [0.1, 0.15) is 6.10 Å². The molecule has 0 aromatic rings. The van der Waals surface area contributed by atoms with Gasteiger partial charge in [-0.15, -0.1) is 0 Å². The van der Waals surface area contributed by atoms with E-state index in [0.717, 1.165) is 32.1 Å². The van der Waals surface area contributed by atoms with Gasteiger partial charge in [-0.05, 0) is 12.8 Å². The molecule has 0 bridgehead atoms. The van der Waals surface area contributed by atoms with Crippen LogP contribution in [-0.2, 0) is 27.9 Å². The summed E-state index contributed by atoms with van der Waals surface area (Å²) in [7, 11) is -4.28. The molecule has 0 fully saturated rings. The normalized spacial score (nSPS) is 13.1. The molecule has 3 N–H and O–H groups in total. The van der Waals surface area contributed by atoms with Gasteiger partial charge in [0.25, 0.3) is 0 Å². The number of unbranched alkanes of at least 4 members (excludes halogenated alkanes) is 45. The average molecular weight is 959 g/mol. The van der Waals surface area contributed by atoms with E-state index in [1.54, 1.807) is 0 Å². The van der Waals surface area contributed by atoms with Gasteiger partial charge in [-0.1, -0.05) is 303 Å². The third-order valence-electron chi connectivity index (χ3n) is 13.5. The average Bonchev–Trinajstić information content (AvgIpc) is 3.31. The molecule has 8 nitrogen and oxygen atoms in total. The fraction of sp³-hybridized carbons (Fsp3) is 0.982. The maximum atomic E-state index is 12.7. The molecule has 0 amide bonds. The fourth-order valence-electron chi connectivity index (χ4n) is 9.18. The van der Waals surface area contributed by atoms with Crippen molar-refractivity contribution in [3.63, 3.8) is 0 Å². The number of hydrogen-bond acceptors (Lipinski definition) is 7. The minimum atomic E-state index is -4.28. The Labute approximate surface area is 411 Å². The van der Waals surface area contributed by atoms with Crippen LogP contribution in [0, 0.1) is 0 Å². The van der Waals surface area contributed by atoms with Crippen LogP contribution in [0.2, 0.25) is 0 Å². The molecule has 2 atom stereocenters. The summed E-state index contributed by atoms with van der Waals surface area (Å²) in [5.74, 6) is -0.319. The molecule has 0 saturated carbocycles. The van der Waals surface area contributed by atoms with E-state index in [4.69, 9.17) is 24.3 Å². The predicted molar refractivity (Wildman–Crippen MR) is 284 cm³/mol. The molecule has 0 aromatic heterocycles. The first-order chi connectivity index (χ1) is 32.4. The number of carbonyl (C=O) groups is 1. The maximum Gasteiger partial charge on any atom is 0.472 e. The Kier molecular flexibility index (Phi) is 55.0. The van der Waals surface area contributed by atoms with Crippen molar-refractivity contribution in [2.24, 2.45) is 5.73 Å². The molecule has 1 unspecified atom stereocenters. The lowest BCUT2D eigenvalue weighted by atomic mass is 10.0. The van der Waals surface area contributed by atoms with Crippen molar-refractivity contribution in [3.05, 3.63) is 0 Å². The largest absolute Gasteiger partial charge is 0.472 e. The molecule has 396 valence electrons. The Bertz CT molecular complexity index is 986. The third kappa shape index (κ3) is 54.4. The number of phosphoric acid groups is 1. The molecule has 0 heterocycles. The maximum absolute atomic E-state index is 12.7. The van der Waals surface area contributed by atoms with Crippen LogP contribution in [-0.4, -0.2) is 49.9 Å². The van der Waals surface area contributed by atoms with E-state index < -0.39 is 13.9 Å². The van der Waals surface area contributed by atoms with Crippen molar-refractivity contribution in [1.29, 1.82) is 0 Å². The summed E-state index contributed by atoms with van der Waals surface area (Å²) in [4.78, 5) is 22.6. The Morgan fingerprint density at radius 1 is 0.394 bits per heavy atom. The summed E-state index contributed by atoms with van der Waals surface area (Å²) in [5, 5.41) is 0. The van der Waals surface area contributed by atoms with Crippen LogP contribution in [0.4, 0.5) is 0 Å².